The van der Waals surface area contributed by atoms with Crippen LogP contribution in [-0.4, -0.2) is 7.05 Å². The fourth-order valence-electron chi connectivity index (χ4n) is 2.00. The number of hydrogen-bond acceptors (Lipinski definition) is 1. The Morgan fingerprint density at radius 3 is 2.44 bits per heavy atom. The molecule has 2 aromatic carbocycles. The van der Waals surface area contributed by atoms with Crippen LogP contribution < -0.4 is 5.32 Å². The highest BCUT2D eigenvalue weighted by atomic mass is 79.9. The normalized spacial score (nSPS) is 12.4. The Kier molecular flexibility index (Phi) is 4.98. The Hall–Kier alpha value is -0.640. The maximum Gasteiger partial charge on any atom is 0.0370 e. The quantitative estimate of drug-likeness (QED) is 0.823. The molecule has 2 rings (SSSR count). The minimum Gasteiger partial charge on any atom is -0.313 e. The zero-order chi connectivity index (χ0) is 13.0. The second kappa shape index (κ2) is 6.50. The molecular weight excluding hydrogens is 354 g/mol. The van der Waals surface area contributed by atoms with Gasteiger partial charge in [0.1, 0.15) is 0 Å². The van der Waals surface area contributed by atoms with Crippen LogP contribution in [0.4, 0.5) is 0 Å². The first-order valence-electron chi connectivity index (χ1n) is 5.87. The Morgan fingerprint density at radius 2 is 1.78 bits per heavy atom. The first-order valence-corrected chi connectivity index (χ1v) is 7.45. The lowest BCUT2D eigenvalue weighted by molar-refractivity contribution is 0.589. The van der Waals surface area contributed by atoms with Crippen molar-refractivity contribution in [2.45, 2.75) is 12.5 Å². The van der Waals surface area contributed by atoms with Crippen LogP contribution in [0, 0.1) is 0 Å². The summed E-state index contributed by atoms with van der Waals surface area (Å²) in [6, 6.07) is 17.1. The highest BCUT2D eigenvalue weighted by Gasteiger charge is 2.13. The zero-order valence-electron chi connectivity index (χ0n) is 10.2. The molecule has 1 nitrogen and oxygen atoms in total. The molecule has 0 aliphatic carbocycles. The summed E-state index contributed by atoms with van der Waals surface area (Å²) < 4.78 is 2.25. The van der Waals surface area contributed by atoms with Crippen LogP contribution in [0.1, 0.15) is 17.2 Å². The molecule has 0 aliphatic rings. The first-order chi connectivity index (χ1) is 8.70. The van der Waals surface area contributed by atoms with Gasteiger partial charge in [-0.2, -0.15) is 0 Å². The molecule has 1 atom stereocenters. The molecule has 18 heavy (non-hydrogen) atoms. The number of rotatable bonds is 4. The molecule has 0 radical (unpaired) electrons. The van der Waals surface area contributed by atoms with Crippen LogP contribution in [-0.2, 0) is 6.42 Å². The average Bonchev–Trinajstić information content (AvgIpc) is 2.40. The van der Waals surface area contributed by atoms with Gasteiger partial charge in [0.2, 0.25) is 0 Å². The van der Waals surface area contributed by atoms with Gasteiger partial charge in [0.25, 0.3) is 0 Å². The topological polar surface area (TPSA) is 12.0 Å². The smallest absolute Gasteiger partial charge is 0.0370 e. The molecule has 94 valence electrons. The Morgan fingerprint density at radius 1 is 1.06 bits per heavy atom. The van der Waals surface area contributed by atoms with Gasteiger partial charge in [-0.25, -0.2) is 0 Å². The van der Waals surface area contributed by atoms with Crippen molar-refractivity contribution in [3.63, 3.8) is 0 Å². The number of likely N-dealkylation sites (N-methyl/N-ethyl adjacent to an activating group) is 1. The van der Waals surface area contributed by atoms with E-state index in [0.29, 0.717) is 6.04 Å². The van der Waals surface area contributed by atoms with E-state index in [9.17, 15) is 0 Å². The fourth-order valence-corrected chi connectivity index (χ4v) is 2.90. The molecule has 2 aromatic rings. The summed E-state index contributed by atoms with van der Waals surface area (Å²) in [5.74, 6) is 0. The van der Waals surface area contributed by atoms with E-state index in [-0.39, 0.29) is 0 Å². The molecule has 1 unspecified atom stereocenters. The van der Waals surface area contributed by atoms with Crippen molar-refractivity contribution < 1.29 is 0 Å². The van der Waals surface area contributed by atoms with E-state index < -0.39 is 0 Å². The molecule has 0 aliphatic heterocycles. The molecule has 0 saturated carbocycles. The maximum atomic E-state index is 3.62. The maximum absolute atomic E-state index is 3.62. The van der Waals surface area contributed by atoms with Gasteiger partial charge < -0.3 is 5.32 Å². The predicted molar refractivity (Wildman–Crippen MR) is 83.8 cm³/mol. The van der Waals surface area contributed by atoms with Gasteiger partial charge >= 0.3 is 0 Å². The first kappa shape index (κ1) is 13.8. The lowest BCUT2D eigenvalue weighted by Crippen LogP contribution is -2.19. The average molecular weight is 369 g/mol. The number of hydrogen-bond donors (Lipinski definition) is 1. The summed E-state index contributed by atoms with van der Waals surface area (Å²) in [7, 11) is 2.00. The molecule has 0 heterocycles. The van der Waals surface area contributed by atoms with Crippen LogP contribution in [0.2, 0.25) is 0 Å². The van der Waals surface area contributed by atoms with Crippen molar-refractivity contribution in [1.29, 1.82) is 0 Å². The highest BCUT2D eigenvalue weighted by molar-refractivity contribution is 9.11. The molecule has 0 amide bonds. The third-order valence-electron chi connectivity index (χ3n) is 2.96. The molecule has 0 saturated heterocycles. The van der Waals surface area contributed by atoms with Crippen molar-refractivity contribution in [1.82, 2.24) is 5.32 Å². The zero-order valence-corrected chi connectivity index (χ0v) is 13.3. The summed E-state index contributed by atoms with van der Waals surface area (Å²) in [6.07, 6.45) is 0.979. The van der Waals surface area contributed by atoms with Gasteiger partial charge in [0.15, 0.2) is 0 Å². The minimum atomic E-state index is 0.305. The second-order valence-electron chi connectivity index (χ2n) is 4.20. The molecule has 0 spiro atoms. The Bertz CT molecular complexity index is 511. The van der Waals surface area contributed by atoms with Crippen LogP contribution in [0.3, 0.4) is 0 Å². The van der Waals surface area contributed by atoms with Gasteiger partial charge in [-0.05, 0) is 42.8 Å². The second-order valence-corrected chi connectivity index (χ2v) is 5.97. The molecule has 0 bridgehead atoms. The fraction of sp³-hybridized carbons (Fsp3) is 0.200. The third kappa shape index (κ3) is 3.44. The summed E-state index contributed by atoms with van der Waals surface area (Å²) in [4.78, 5) is 0. The summed E-state index contributed by atoms with van der Waals surface area (Å²) in [6.45, 7) is 0. The highest BCUT2D eigenvalue weighted by Crippen LogP contribution is 2.28. The van der Waals surface area contributed by atoms with Crippen molar-refractivity contribution in [3.05, 3.63) is 68.6 Å². The summed E-state index contributed by atoms with van der Waals surface area (Å²) in [5.41, 5.74) is 2.61. The molecule has 0 aromatic heterocycles. The monoisotopic (exact) mass is 367 g/mol. The largest absolute Gasteiger partial charge is 0.313 e. The predicted octanol–water partition coefficient (Wildman–Crippen LogP) is 4.71. The van der Waals surface area contributed by atoms with Crippen molar-refractivity contribution in [2.75, 3.05) is 7.05 Å². The molecule has 1 N–H and O–H groups in total. The van der Waals surface area contributed by atoms with E-state index >= 15 is 0 Å². The van der Waals surface area contributed by atoms with Crippen LogP contribution in [0.15, 0.2) is 57.5 Å². The lowest BCUT2D eigenvalue weighted by atomic mass is 9.99. The molecular formula is C15H15Br2N. The summed E-state index contributed by atoms with van der Waals surface area (Å²) >= 11 is 7.16. The Labute approximate surface area is 125 Å². The van der Waals surface area contributed by atoms with Gasteiger partial charge in [-0.3, -0.25) is 0 Å². The van der Waals surface area contributed by atoms with Gasteiger partial charge in [-0.15, -0.1) is 0 Å². The number of benzene rings is 2. The van der Waals surface area contributed by atoms with Crippen LogP contribution in [0.5, 0.6) is 0 Å². The third-order valence-corrected chi connectivity index (χ3v) is 4.18. The molecule has 0 fully saturated rings. The van der Waals surface area contributed by atoms with E-state index in [1.165, 1.54) is 11.1 Å². The van der Waals surface area contributed by atoms with Crippen LogP contribution >= 0.6 is 31.9 Å². The van der Waals surface area contributed by atoms with E-state index in [2.05, 4.69) is 73.6 Å². The van der Waals surface area contributed by atoms with Crippen molar-refractivity contribution in [3.8, 4) is 0 Å². The molecule has 3 heteroatoms. The van der Waals surface area contributed by atoms with Crippen molar-refractivity contribution in [2.24, 2.45) is 0 Å². The minimum absolute atomic E-state index is 0.305. The SMILES string of the molecule is CNC(Cc1ccccc1)c1cc(Br)ccc1Br. The van der Waals surface area contributed by atoms with Gasteiger partial charge in [0, 0.05) is 15.0 Å². The van der Waals surface area contributed by atoms with Crippen LogP contribution in [0.25, 0.3) is 0 Å². The van der Waals surface area contributed by atoms with Crippen molar-refractivity contribution >= 4 is 31.9 Å². The van der Waals surface area contributed by atoms with Gasteiger partial charge in [0.05, 0.1) is 0 Å². The number of halogens is 2. The lowest BCUT2D eigenvalue weighted by Gasteiger charge is -2.18. The van der Waals surface area contributed by atoms with E-state index in [0.717, 1.165) is 15.4 Å². The summed E-state index contributed by atoms with van der Waals surface area (Å²) in [5, 5.41) is 3.38. The number of nitrogens with one attached hydrogen (secondary N) is 1. The van der Waals surface area contributed by atoms with E-state index in [1.807, 2.05) is 19.2 Å². The van der Waals surface area contributed by atoms with E-state index in [4.69, 9.17) is 0 Å². The Balaban J connectivity index is 2.26. The van der Waals surface area contributed by atoms with Gasteiger partial charge in [-0.1, -0.05) is 62.2 Å². The standard InChI is InChI=1S/C15H15Br2N/c1-18-15(9-11-5-3-2-4-6-11)13-10-12(16)7-8-14(13)17/h2-8,10,15,18H,9H2,1H3. The van der Waals surface area contributed by atoms with E-state index in [1.54, 1.807) is 0 Å².